The van der Waals surface area contributed by atoms with Gasteiger partial charge in [0.05, 0.1) is 12.4 Å². The third kappa shape index (κ3) is 8.87. The Morgan fingerprint density at radius 3 is 2.16 bits per heavy atom. The van der Waals surface area contributed by atoms with E-state index >= 15 is 0 Å². The summed E-state index contributed by atoms with van der Waals surface area (Å²) in [6, 6.07) is -3.98. The highest BCUT2D eigenvalue weighted by Crippen LogP contribution is 2.09. The van der Waals surface area contributed by atoms with E-state index in [0.29, 0.717) is 5.69 Å². The first-order valence-electron chi connectivity index (χ1n) is 10.4. The van der Waals surface area contributed by atoms with E-state index in [-0.39, 0.29) is 30.4 Å². The van der Waals surface area contributed by atoms with Gasteiger partial charge < -0.3 is 31.8 Å². The van der Waals surface area contributed by atoms with Crippen LogP contribution in [0.3, 0.4) is 0 Å². The molecule has 0 aliphatic rings. The Morgan fingerprint density at radius 1 is 1.06 bits per heavy atom. The van der Waals surface area contributed by atoms with Gasteiger partial charge in [0.15, 0.2) is 0 Å². The molecule has 0 saturated carbocycles. The van der Waals surface area contributed by atoms with Crippen molar-refractivity contribution in [1.82, 2.24) is 25.9 Å². The van der Waals surface area contributed by atoms with E-state index < -0.39 is 47.9 Å². The maximum Gasteiger partial charge on any atom is 0.327 e. The Kier molecular flexibility index (Phi) is 11.2. The molecular weight excluding hydrogens is 436 g/mol. The smallest absolute Gasteiger partial charge is 0.327 e. The number of aromatic nitrogens is 2. The van der Waals surface area contributed by atoms with Crippen LogP contribution in [0.1, 0.15) is 39.8 Å². The summed E-state index contributed by atoms with van der Waals surface area (Å²) in [4.78, 5) is 56.1. The van der Waals surface area contributed by atoms with Gasteiger partial charge in [0.2, 0.25) is 17.7 Å². The zero-order valence-electron chi connectivity index (χ0n) is 18.8. The zero-order valence-corrected chi connectivity index (χ0v) is 19.7. The van der Waals surface area contributed by atoms with Crippen molar-refractivity contribution in [3.05, 3.63) is 18.2 Å². The maximum atomic E-state index is 13.0. The summed E-state index contributed by atoms with van der Waals surface area (Å²) in [6.07, 6.45) is 3.54. The number of aromatic amines is 1. The predicted molar refractivity (Wildman–Crippen MR) is 122 cm³/mol. The number of nitrogens with one attached hydrogen (secondary N) is 4. The van der Waals surface area contributed by atoms with Gasteiger partial charge in [-0.2, -0.15) is 12.6 Å². The molecule has 0 spiro atoms. The largest absolute Gasteiger partial charge is 0.480 e. The Labute approximate surface area is 193 Å². The van der Waals surface area contributed by atoms with Crippen LogP contribution >= 0.6 is 12.6 Å². The fourth-order valence-electron chi connectivity index (χ4n) is 2.94. The lowest BCUT2D eigenvalue weighted by Gasteiger charge is -2.27. The number of nitrogens with zero attached hydrogens (tertiary/aromatic N) is 1. The molecule has 7 N–H and O–H groups in total. The van der Waals surface area contributed by atoms with Crippen molar-refractivity contribution in [3.8, 4) is 0 Å². The highest BCUT2D eigenvalue weighted by Gasteiger charge is 2.31. The molecule has 0 fully saturated rings. The molecule has 1 heterocycles. The minimum Gasteiger partial charge on any atom is -0.480 e. The summed E-state index contributed by atoms with van der Waals surface area (Å²) in [7, 11) is 0. The van der Waals surface area contributed by atoms with E-state index in [1.54, 1.807) is 20.0 Å². The first kappa shape index (κ1) is 27.4. The number of aliphatic carboxylic acids is 1. The highest BCUT2D eigenvalue weighted by molar-refractivity contribution is 7.80. The first-order valence-corrected chi connectivity index (χ1v) is 11.1. The minimum absolute atomic E-state index is 0.0419. The topological polar surface area (TPSA) is 179 Å². The molecule has 12 heteroatoms. The third-order valence-electron chi connectivity index (χ3n) is 4.72. The van der Waals surface area contributed by atoms with Crippen molar-refractivity contribution in [1.29, 1.82) is 0 Å². The fourth-order valence-corrected chi connectivity index (χ4v) is 3.19. The Morgan fingerprint density at radius 2 is 1.69 bits per heavy atom. The number of nitrogens with two attached hydrogens (primary N) is 1. The van der Waals surface area contributed by atoms with E-state index in [0.717, 1.165) is 0 Å². The summed E-state index contributed by atoms with van der Waals surface area (Å²) >= 11 is 3.94. The number of thiol groups is 1. The number of H-pyrrole nitrogens is 1. The van der Waals surface area contributed by atoms with Crippen LogP contribution in [0.5, 0.6) is 0 Å². The molecule has 1 aromatic heterocycles. The molecular formula is C20H34N6O5S. The molecule has 4 atom stereocenters. The number of hydrogen-bond acceptors (Lipinski definition) is 7. The lowest BCUT2D eigenvalue weighted by atomic mass is 9.99. The second-order valence-corrected chi connectivity index (χ2v) is 8.76. The van der Waals surface area contributed by atoms with Crippen molar-refractivity contribution in [2.24, 2.45) is 17.6 Å². The number of hydrogen-bond donors (Lipinski definition) is 7. The molecule has 0 radical (unpaired) electrons. The van der Waals surface area contributed by atoms with Gasteiger partial charge in [-0.15, -0.1) is 0 Å². The highest BCUT2D eigenvalue weighted by atomic mass is 32.1. The van der Waals surface area contributed by atoms with Crippen molar-refractivity contribution in [2.45, 2.75) is 64.7 Å². The van der Waals surface area contributed by atoms with Gasteiger partial charge in [-0.25, -0.2) is 9.78 Å². The van der Waals surface area contributed by atoms with Crippen molar-refractivity contribution < 1.29 is 24.3 Å². The van der Waals surface area contributed by atoms with Crippen LogP contribution < -0.4 is 21.7 Å². The van der Waals surface area contributed by atoms with Gasteiger partial charge in [-0.05, 0) is 18.3 Å². The SMILES string of the molecule is CC(C)CC(NC(=O)C(NC(=O)C(N)Cc1cnc[nH]1)C(C)C)C(=O)NC(CS)C(=O)O. The van der Waals surface area contributed by atoms with Crippen LogP contribution in [0.25, 0.3) is 0 Å². The van der Waals surface area contributed by atoms with E-state index in [1.165, 1.54) is 6.33 Å². The second-order valence-electron chi connectivity index (χ2n) is 8.39. The Bertz CT molecular complexity index is 771. The van der Waals surface area contributed by atoms with Gasteiger partial charge in [-0.1, -0.05) is 27.7 Å². The van der Waals surface area contributed by atoms with Crippen molar-refractivity contribution in [2.75, 3.05) is 5.75 Å². The molecule has 3 amide bonds. The molecule has 0 aliphatic carbocycles. The van der Waals surface area contributed by atoms with E-state index in [1.807, 2.05) is 13.8 Å². The van der Waals surface area contributed by atoms with Crippen LogP contribution in [-0.4, -0.2) is 68.7 Å². The van der Waals surface area contributed by atoms with Gasteiger partial charge >= 0.3 is 5.97 Å². The third-order valence-corrected chi connectivity index (χ3v) is 5.08. The van der Waals surface area contributed by atoms with Crippen LogP contribution in [0.4, 0.5) is 0 Å². The van der Waals surface area contributed by atoms with Crippen molar-refractivity contribution in [3.63, 3.8) is 0 Å². The van der Waals surface area contributed by atoms with Gasteiger partial charge in [0.25, 0.3) is 0 Å². The average molecular weight is 471 g/mol. The molecule has 0 bridgehead atoms. The molecule has 1 rings (SSSR count). The first-order chi connectivity index (χ1) is 15.0. The Hall–Kier alpha value is -2.60. The normalized spacial score (nSPS) is 15.0. The predicted octanol–water partition coefficient (Wildman–Crippen LogP) is -0.550. The number of rotatable bonds is 13. The van der Waals surface area contributed by atoms with E-state index in [2.05, 4.69) is 38.5 Å². The second kappa shape index (κ2) is 13.1. The summed E-state index contributed by atoms with van der Waals surface area (Å²) in [5.41, 5.74) is 6.64. The van der Waals surface area contributed by atoms with Crippen LogP contribution in [0.2, 0.25) is 0 Å². The molecule has 0 saturated heterocycles. The lowest BCUT2D eigenvalue weighted by molar-refractivity contribution is -0.141. The fraction of sp³-hybridized carbons (Fsp3) is 0.650. The quantitative estimate of drug-likeness (QED) is 0.189. The summed E-state index contributed by atoms with van der Waals surface area (Å²) < 4.78 is 0. The lowest BCUT2D eigenvalue weighted by Crippen LogP contribution is -2.58. The number of imidazole rings is 1. The molecule has 11 nitrogen and oxygen atoms in total. The molecule has 1 aromatic rings. The van der Waals surface area contributed by atoms with E-state index in [4.69, 9.17) is 10.8 Å². The van der Waals surface area contributed by atoms with Gasteiger partial charge in [0.1, 0.15) is 18.1 Å². The van der Waals surface area contributed by atoms with Crippen molar-refractivity contribution >= 4 is 36.3 Å². The average Bonchev–Trinajstić information content (AvgIpc) is 3.21. The van der Waals surface area contributed by atoms with Crippen LogP contribution in [0, 0.1) is 11.8 Å². The zero-order chi connectivity index (χ0) is 24.4. The molecule has 4 unspecified atom stereocenters. The van der Waals surface area contributed by atoms with Gasteiger partial charge in [0, 0.05) is 24.1 Å². The molecule has 0 aliphatic heterocycles. The van der Waals surface area contributed by atoms with Crippen LogP contribution in [-0.2, 0) is 25.6 Å². The number of amides is 3. The number of carboxylic acids is 1. The van der Waals surface area contributed by atoms with Gasteiger partial charge in [-0.3, -0.25) is 14.4 Å². The van der Waals surface area contributed by atoms with Crippen LogP contribution in [0.15, 0.2) is 12.5 Å². The minimum atomic E-state index is -1.22. The summed E-state index contributed by atoms with van der Waals surface area (Å²) in [5, 5.41) is 16.8. The number of carbonyl (C=O) groups excluding carboxylic acids is 3. The molecule has 32 heavy (non-hydrogen) atoms. The summed E-state index contributed by atoms with van der Waals surface area (Å²) in [5.74, 6) is -3.26. The molecule has 180 valence electrons. The Balaban J connectivity index is 2.87. The molecule has 0 aromatic carbocycles. The number of carboxylic acid groups (broad SMARTS) is 1. The van der Waals surface area contributed by atoms with E-state index in [9.17, 15) is 19.2 Å². The maximum absolute atomic E-state index is 13.0. The standard InChI is InChI=1S/C20H34N6O5S/c1-10(2)5-14(18(28)25-15(8-32)20(30)31)24-19(29)16(11(3)4)26-17(27)13(21)6-12-7-22-9-23-12/h7,9-11,13-16,32H,5-6,8,21H2,1-4H3,(H,22,23)(H,24,29)(H,25,28)(H,26,27)(H,30,31). The summed E-state index contributed by atoms with van der Waals surface area (Å²) in [6.45, 7) is 7.25. The monoisotopic (exact) mass is 470 g/mol. The number of carbonyl (C=O) groups is 4.